The Morgan fingerprint density at radius 1 is 0.756 bits per heavy atom. The third-order valence-corrected chi connectivity index (χ3v) is 6.72. The summed E-state index contributed by atoms with van der Waals surface area (Å²) in [7, 11) is 0. The van der Waals surface area contributed by atoms with Crippen LogP contribution in [0.25, 0.3) is 0 Å². The van der Waals surface area contributed by atoms with Crippen LogP contribution in [-0.4, -0.2) is 21.2 Å². The molecule has 1 radical (unpaired) electrons. The number of phenolic OH excluding ortho intramolecular Hbond substituents is 1. The van der Waals surface area contributed by atoms with Crippen molar-refractivity contribution in [1.82, 2.24) is 4.98 Å². The van der Waals surface area contributed by atoms with Crippen molar-refractivity contribution in [2.75, 3.05) is 10.6 Å². The van der Waals surface area contributed by atoms with Crippen LogP contribution in [-0.2, 0) is 16.8 Å². The Hall–Kier alpha value is -4.01. The molecule has 4 N–H and O–H groups in total. The summed E-state index contributed by atoms with van der Waals surface area (Å²) in [5.74, 6) is -2.69. The summed E-state index contributed by atoms with van der Waals surface area (Å²) in [6, 6.07) is 25.9. The van der Waals surface area contributed by atoms with E-state index in [1.807, 2.05) is 0 Å². The second-order valence-electron chi connectivity index (χ2n) is 10.2. The number of aromatic nitrogens is 1. The van der Waals surface area contributed by atoms with Gasteiger partial charge >= 0.3 is 5.97 Å². The van der Waals surface area contributed by atoms with E-state index in [2.05, 4.69) is 105 Å². The number of carbonyl (C=O) groups is 1. The fourth-order valence-corrected chi connectivity index (χ4v) is 4.32. The van der Waals surface area contributed by atoms with Crippen molar-refractivity contribution in [3.05, 3.63) is 113 Å². The van der Waals surface area contributed by atoms with Gasteiger partial charge in [-0.1, -0.05) is 68.1 Å². The van der Waals surface area contributed by atoms with Gasteiger partial charge in [0.1, 0.15) is 5.75 Å². The number of aryl methyl sites for hydroxylation is 2. The molecule has 219 valence electrons. The molecule has 0 aliphatic carbocycles. The second kappa shape index (κ2) is 15.1. The van der Waals surface area contributed by atoms with E-state index in [4.69, 9.17) is 15.2 Å². The van der Waals surface area contributed by atoms with Crippen molar-refractivity contribution in [3.63, 3.8) is 0 Å². The minimum atomic E-state index is -1.30. The number of para-hydroxylation sites is 2. The summed E-state index contributed by atoms with van der Waals surface area (Å²) >= 11 is 0. The largest absolute Gasteiger partial charge is 0.869 e. The van der Waals surface area contributed by atoms with Gasteiger partial charge in [-0.3, -0.25) is 4.98 Å². The Balaban J connectivity index is 0.000000334. The number of carboxylic acid groups (broad SMARTS) is 1. The number of aromatic hydroxyl groups is 1. The van der Waals surface area contributed by atoms with Crippen LogP contribution in [0.3, 0.4) is 0 Å². The molecule has 0 spiro atoms. The number of hydrogen-bond acceptors (Lipinski definition) is 6. The Labute approximate surface area is 252 Å². The third kappa shape index (κ3) is 8.73. The molecular formula is C33H38CoN3O4-. The minimum Gasteiger partial charge on any atom is -0.869 e. The van der Waals surface area contributed by atoms with Gasteiger partial charge < -0.3 is 26.0 Å². The summed E-state index contributed by atoms with van der Waals surface area (Å²) in [6.07, 6.45) is 0. The number of pyridine rings is 1. The van der Waals surface area contributed by atoms with Crippen LogP contribution < -0.4 is 15.7 Å². The van der Waals surface area contributed by atoms with E-state index in [9.17, 15) is 9.90 Å². The van der Waals surface area contributed by atoms with Gasteiger partial charge in [-0.2, -0.15) is 0 Å². The quantitative estimate of drug-likeness (QED) is 0.168. The van der Waals surface area contributed by atoms with Crippen molar-refractivity contribution in [2.24, 2.45) is 0 Å². The van der Waals surface area contributed by atoms with E-state index in [0.717, 1.165) is 22.8 Å². The van der Waals surface area contributed by atoms with Crippen molar-refractivity contribution in [1.29, 1.82) is 0 Å². The zero-order valence-corrected chi connectivity index (χ0v) is 25.3. The first-order valence-electron chi connectivity index (χ1n) is 13.4. The maximum Gasteiger partial charge on any atom is 0.335 e. The van der Waals surface area contributed by atoms with Gasteiger partial charge in [-0.15, -0.1) is 0 Å². The number of anilines is 2. The van der Waals surface area contributed by atoms with Crippen molar-refractivity contribution in [3.8, 4) is 11.5 Å². The van der Waals surface area contributed by atoms with Crippen molar-refractivity contribution >= 4 is 17.3 Å². The Morgan fingerprint density at radius 3 is 1.63 bits per heavy atom. The summed E-state index contributed by atoms with van der Waals surface area (Å²) in [5.41, 5.74) is 6.99. The summed E-state index contributed by atoms with van der Waals surface area (Å²) < 4.78 is 0. The molecule has 0 saturated heterocycles. The molecule has 0 bridgehead atoms. The summed E-state index contributed by atoms with van der Waals surface area (Å²) in [6.45, 7) is 12.1. The zero-order valence-electron chi connectivity index (χ0n) is 24.2. The van der Waals surface area contributed by atoms with E-state index in [-0.39, 0.29) is 40.3 Å². The number of hydrogen-bond donors (Lipinski definition) is 4. The molecule has 4 rings (SSSR count). The van der Waals surface area contributed by atoms with Crippen LogP contribution in [0.5, 0.6) is 11.5 Å². The number of phenols is 1. The van der Waals surface area contributed by atoms with Crippen LogP contribution in [0.2, 0.25) is 0 Å². The van der Waals surface area contributed by atoms with Gasteiger partial charge in [0.2, 0.25) is 0 Å². The molecule has 0 amide bonds. The molecule has 0 fully saturated rings. The fourth-order valence-electron chi connectivity index (χ4n) is 4.32. The number of rotatable bonds is 8. The average Bonchev–Trinajstić information content (AvgIpc) is 2.92. The predicted octanol–water partition coefficient (Wildman–Crippen LogP) is 7.33. The van der Waals surface area contributed by atoms with Crippen LogP contribution in [0, 0.1) is 13.8 Å². The third-order valence-electron chi connectivity index (χ3n) is 6.72. The van der Waals surface area contributed by atoms with Gasteiger partial charge in [-0.05, 0) is 80.6 Å². The fraction of sp³-hybridized carbons (Fsp3) is 0.273. The van der Waals surface area contributed by atoms with Crippen molar-refractivity contribution < 1.29 is 36.9 Å². The standard InChI is InChI=1S/C23H27N3.C10H12O4.Co/c1-16-10-5-7-12-20(16)24-18(3)22-14-9-15-23(26-22)19(4)25-21-13-8-6-11-17(21)2;1-5(2)6-3-4-7(11)9(12)8(6)10(13)14;/h5-15,18-19,24-25H,1-4H3;3-5,11-12H,1-2H3,(H,13,14);/p-1. The number of carboxylic acids is 1. The molecule has 3 aromatic carbocycles. The number of nitrogens with zero attached hydrogens (tertiary/aromatic N) is 1. The summed E-state index contributed by atoms with van der Waals surface area (Å²) in [4.78, 5) is 15.7. The minimum absolute atomic E-state index is 0. The van der Waals surface area contributed by atoms with E-state index in [0.29, 0.717) is 5.56 Å². The first kappa shape index (κ1) is 33.2. The average molecular weight is 600 g/mol. The molecular weight excluding hydrogens is 561 g/mol. The first-order chi connectivity index (χ1) is 19.0. The van der Waals surface area contributed by atoms with Gasteiger partial charge in [0.05, 0.1) is 29.0 Å². The molecule has 0 aliphatic heterocycles. The maximum absolute atomic E-state index is 11.3. The molecule has 7 nitrogen and oxygen atoms in total. The normalized spacial score (nSPS) is 11.9. The topological polar surface area (TPSA) is 118 Å². The SMILES string of the molecule is CC(C)c1ccc(O)c([O-])c1C(=O)O.Cc1ccccc1NC(C)c1cccc(C(C)Nc2ccccc2C)n1.[Co]. The monoisotopic (exact) mass is 599 g/mol. The van der Waals surface area contributed by atoms with E-state index < -0.39 is 17.5 Å². The van der Waals surface area contributed by atoms with Gasteiger partial charge in [0, 0.05) is 28.2 Å². The first-order valence-corrected chi connectivity index (χ1v) is 13.4. The van der Waals surface area contributed by atoms with Crippen LogP contribution in [0.15, 0.2) is 78.9 Å². The zero-order chi connectivity index (χ0) is 29.4. The summed E-state index contributed by atoms with van der Waals surface area (Å²) in [5, 5.41) is 36.3. The van der Waals surface area contributed by atoms with Crippen LogP contribution >= 0.6 is 0 Å². The Bertz CT molecular complexity index is 1390. The van der Waals surface area contributed by atoms with Gasteiger partial charge in [0.25, 0.3) is 0 Å². The number of benzene rings is 3. The molecule has 1 heterocycles. The molecule has 4 aromatic rings. The molecule has 0 aliphatic rings. The van der Waals surface area contributed by atoms with Gasteiger partial charge in [-0.25, -0.2) is 4.79 Å². The molecule has 41 heavy (non-hydrogen) atoms. The maximum atomic E-state index is 11.3. The van der Waals surface area contributed by atoms with Crippen LogP contribution in [0.1, 0.15) is 84.1 Å². The number of nitrogens with one attached hydrogen (secondary N) is 2. The Kier molecular flexibility index (Phi) is 12.2. The predicted molar refractivity (Wildman–Crippen MR) is 159 cm³/mol. The smallest absolute Gasteiger partial charge is 0.335 e. The van der Waals surface area contributed by atoms with E-state index in [1.54, 1.807) is 13.8 Å². The van der Waals surface area contributed by atoms with E-state index in [1.165, 1.54) is 23.3 Å². The molecule has 0 saturated carbocycles. The molecule has 8 heteroatoms. The molecule has 1 aromatic heterocycles. The van der Waals surface area contributed by atoms with Gasteiger partial charge in [0.15, 0.2) is 0 Å². The molecule has 2 unspecified atom stereocenters. The number of aromatic carboxylic acids is 1. The van der Waals surface area contributed by atoms with Crippen LogP contribution in [0.4, 0.5) is 11.4 Å². The molecule has 2 atom stereocenters. The van der Waals surface area contributed by atoms with E-state index >= 15 is 0 Å². The van der Waals surface area contributed by atoms with Crippen molar-refractivity contribution in [2.45, 2.75) is 59.5 Å². The second-order valence-corrected chi connectivity index (χ2v) is 10.2. The Morgan fingerprint density at radius 2 is 1.22 bits per heavy atom.